The van der Waals surface area contributed by atoms with Crippen LogP contribution in [0.1, 0.15) is 12.6 Å². The summed E-state index contributed by atoms with van der Waals surface area (Å²) in [6, 6.07) is 5.75. The maximum absolute atomic E-state index is 3.97. The van der Waals surface area contributed by atoms with E-state index in [2.05, 4.69) is 18.1 Å². The van der Waals surface area contributed by atoms with Gasteiger partial charge in [0.05, 0.1) is 0 Å². The Bertz CT molecular complexity index is 150. The van der Waals surface area contributed by atoms with Crippen LogP contribution < -0.4 is 0 Å². The number of aryl methyl sites for hydroxylation is 1. The second-order valence-corrected chi connectivity index (χ2v) is 1.61. The molecule has 0 unspecified atom stereocenters. The molecule has 0 spiro atoms. The van der Waals surface area contributed by atoms with Crippen molar-refractivity contribution in [2.75, 3.05) is 0 Å². The monoisotopic (exact) mass is 195 g/mol. The first-order valence-corrected chi connectivity index (χ1v) is 2.75. The van der Waals surface area contributed by atoms with E-state index in [1.165, 1.54) is 0 Å². The zero-order valence-electron chi connectivity index (χ0n) is 5.46. The molecule has 1 rings (SSSR count). The summed E-state index contributed by atoms with van der Waals surface area (Å²) in [6.45, 7) is 2.08. The summed E-state index contributed by atoms with van der Waals surface area (Å²) < 4.78 is 0. The molecule has 0 aromatic carbocycles. The quantitative estimate of drug-likeness (QED) is 0.618. The molecule has 0 aliphatic rings. The number of hydrogen-bond acceptors (Lipinski definition) is 1. The smallest absolute Gasteiger partial charge is 0 e. The van der Waals surface area contributed by atoms with E-state index in [-0.39, 0.29) is 32.7 Å². The van der Waals surface area contributed by atoms with Crippen molar-refractivity contribution in [2.45, 2.75) is 13.3 Å². The maximum Gasteiger partial charge on any atom is 0 e. The van der Waals surface area contributed by atoms with Gasteiger partial charge in [0.2, 0.25) is 0 Å². The first-order chi connectivity index (χ1) is 3.93. The summed E-state index contributed by atoms with van der Waals surface area (Å²) in [5.41, 5.74) is 1.10. The molecule has 0 saturated carbocycles. The van der Waals surface area contributed by atoms with E-state index >= 15 is 0 Å². The zero-order chi connectivity index (χ0) is 5.82. The average molecular weight is 195 g/mol. The first-order valence-electron chi connectivity index (χ1n) is 2.75. The van der Waals surface area contributed by atoms with E-state index in [0.29, 0.717) is 0 Å². The van der Waals surface area contributed by atoms with Crippen LogP contribution in [0.3, 0.4) is 0 Å². The third-order valence-corrected chi connectivity index (χ3v) is 1.03. The molecule has 1 aromatic rings. The van der Waals surface area contributed by atoms with E-state index in [4.69, 9.17) is 0 Å². The fraction of sp³-hybridized carbons (Fsp3) is 0.286. The molecule has 0 N–H and O–H groups in total. The van der Waals surface area contributed by atoms with E-state index in [0.717, 1.165) is 12.1 Å². The van der Waals surface area contributed by atoms with Crippen LogP contribution in [0.4, 0.5) is 0 Å². The van der Waals surface area contributed by atoms with Crippen LogP contribution in [-0.2, 0) is 39.1 Å². The van der Waals surface area contributed by atoms with Gasteiger partial charge in [-0.1, -0.05) is 25.2 Å². The van der Waals surface area contributed by atoms with Gasteiger partial charge in [-0.05, 0) is 0 Å². The van der Waals surface area contributed by atoms with Gasteiger partial charge in [-0.2, -0.15) is 18.2 Å². The molecular weight excluding hydrogens is 187 g/mol. The second kappa shape index (κ2) is 5.07. The van der Waals surface area contributed by atoms with E-state index < -0.39 is 0 Å². The molecule has 0 atom stereocenters. The summed E-state index contributed by atoms with van der Waals surface area (Å²) >= 11 is 0. The number of aromatic nitrogens is 1. The van der Waals surface area contributed by atoms with Crippen molar-refractivity contribution in [2.24, 2.45) is 0 Å². The fourth-order valence-corrected chi connectivity index (χ4v) is 0.557. The van der Waals surface area contributed by atoms with Gasteiger partial charge in [0.15, 0.2) is 0 Å². The fourth-order valence-electron chi connectivity index (χ4n) is 0.557. The van der Waals surface area contributed by atoms with Crippen molar-refractivity contribution in [3.05, 3.63) is 30.1 Å². The molecule has 0 aliphatic heterocycles. The average Bonchev–Trinajstić information content (AvgIpc) is 1.90. The third kappa shape index (κ3) is 3.07. The second-order valence-electron chi connectivity index (χ2n) is 1.61. The zero-order valence-corrected chi connectivity index (χ0v) is 8.30. The third-order valence-electron chi connectivity index (χ3n) is 1.03. The van der Waals surface area contributed by atoms with Crippen LogP contribution in [-0.4, -0.2) is 4.98 Å². The Morgan fingerprint density at radius 3 is 2.78 bits per heavy atom. The summed E-state index contributed by atoms with van der Waals surface area (Å²) in [4.78, 5) is 3.97. The topological polar surface area (TPSA) is 12.9 Å². The molecule has 9 heavy (non-hydrogen) atoms. The Morgan fingerprint density at radius 1 is 1.67 bits per heavy atom. The molecule has 1 radical (unpaired) electrons. The Labute approximate surface area is 80.8 Å². The van der Waals surface area contributed by atoms with Gasteiger partial charge in [0.1, 0.15) is 0 Å². The van der Waals surface area contributed by atoms with E-state index in [9.17, 15) is 0 Å². The van der Waals surface area contributed by atoms with Gasteiger partial charge in [-0.15, -0.1) is 0 Å². The molecule has 2 heteroatoms. The van der Waals surface area contributed by atoms with Crippen molar-refractivity contribution >= 4 is 0 Å². The van der Waals surface area contributed by atoms with Gasteiger partial charge in [-0.25, -0.2) is 0 Å². The Balaban J connectivity index is 0.000000640. The molecule has 0 amide bonds. The van der Waals surface area contributed by atoms with Crippen LogP contribution in [0, 0.1) is 6.20 Å². The molecule has 0 bridgehead atoms. The Hall–Kier alpha value is 0.254. The van der Waals surface area contributed by atoms with Crippen LogP contribution in [0.15, 0.2) is 18.2 Å². The predicted molar refractivity (Wildman–Crippen MR) is 32.5 cm³/mol. The molecular formula is C7H8NY-. The van der Waals surface area contributed by atoms with Crippen LogP contribution in [0.5, 0.6) is 0 Å². The van der Waals surface area contributed by atoms with Gasteiger partial charge < -0.3 is 4.98 Å². The summed E-state index contributed by atoms with van der Waals surface area (Å²) in [6.07, 6.45) is 3.76. The number of hydrogen-bond donors (Lipinski definition) is 0. The predicted octanol–water partition coefficient (Wildman–Crippen LogP) is 1.44. The summed E-state index contributed by atoms with van der Waals surface area (Å²) in [5.74, 6) is 0. The van der Waals surface area contributed by atoms with Crippen LogP contribution >= 0.6 is 0 Å². The summed E-state index contributed by atoms with van der Waals surface area (Å²) in [7, 11) is 0. The molecule has 0 saturated heterocycles. The standard InChI is InChI=1S/C7H8N.Y/c1-2-7-5-3-4-6-8-7;/h3-5H,2H2,1H3;/q-1;. The minimum Gasteiger partial charge on any atom is -0.391 e. The number of nitrogens with zero attached hydrogens (tertiary/aromatic N) is 1. The SMILES string of the molecule is CCc1ccc[c-]n1.[Y]. The molecule has 0 aliphatic carbocycles. The molecule has 1 nitrogen and oxygen atoms in total. The van der Waals surface area contributed by atoms with E-state index in [1.54, 1.807) is 6.07 Å². The minimum absolute atomic E-state index is 0. The van der Waals surface area contributed by atoms with Gasteiger partial charge in [-0.3, -0.25) is 0 Å². The number of rotatable bonds is 1. The molecule has 1 aromatic heterocycles. The van der Waals surface area contributed by atoms with Crippen molar-refractivity contribution in [1.29, 1.82) is 0 Å². The number of pyridine rings is 1. The van der Waals surface area contributed by atoms with E-state index in [1.807, 2.05) is 12.1 Å². The van der Waals surface area contributed by atoms with Crippen LogP contribution in [0.2, 0.25) is 0 Å². The van der Waals surface area contributed by atoms with Crippen LogP contribution in [0.25, 0.3) is 0 Å². The summed E-state index contributed by atoms with van der Waals surface area (Å²) in [5, 5.41) is 0. The van der Waals surface area contributed by atoms with Crippen molar-refractivity contribution in [3.63, 3.8) is 0 Å². The Kier molecular flexibility index (Phi) is 5.21. The van der Waals surface area contributed by atoms with Gasteiger partial charge in [0.25, 0.3) is 0 Å². The van der Waals surface area contributed by atoms with Crippen molar-refractivity contribution < 1.29 is 32.7 Å². The minimum atomic E-state index is 0. The Morgan fingerprint density at radius 2 is 2.44 bits per heavy atom. The molecule has 1 heterocycles. The van der Waals surface area contributed by atoms with Gasteiger partial charge >= 0.3 is 0 Å². The molecule has 45 valence electrons. The molecule has 0 fully saturated rings. The van der Waals surface area contributed by atoms with Gasteiger partial charge in [0, 0.05) is 32.7 Å². The van der Waals surface area contributed by atoms with Crippen molar-refractivity contribution in [3.8, 4) is 0 Å². The normalized spacial score (nSPS) is 8.11. The maximum atomic E-state index is 3.97. The van der Waals surface area contributed by atoms with Crippen molar-refractivity contribution in [1.82, 2.24) is 4.98 Å². The first kappa shape index (κ1) is 9.25. The largest absolute Gasteiger partial charge is 0.391 e.